The molecule has 0 atom stereocenters. The van der Waals surface area contributed by atoms with Gasteiger partial charge >= 0.3 is 0 Å². The average molecular weight is 630 g/mol. The summed E-state index contributed by atoms with van der Waals surface area (Å²) in [5.74, 6) is 1.57. The van der Waals surface area contributed by atoms with Crippen LogP contribution in [0.1, 0.15) is 0 Å². The van der Waals surface area contributed by atoms with Crippen LogP contribution in [0.5, 0.6) is 11.5 Å². The SMILES string of the molecule is COc1ccccc1N(c1cccc(Br)c1)c1cccc(N(c2cccc(Br)c2)c2ccccc2OC)c1. The predicted octanol–water partition coefficient (Wildman–Crippen LogP) is 10.2. The van der Waals surface area contributed by atoms with Gasteiger partial charge in [-0.3, -0.25) is 0 Å². The van der Waals surface area contributed by atoms with Gasteiger partial charge < -0.3 is 19.3 Å². The molecule has 0 radical (unpaired) electrons. The van der Waals surface area contributed by atoms with Gasteiger partial charge in [-0.15, -0.1) is 0 Å². The Labute approximate surface area is 240 Å². The van der Waals surface area contributed by atoms with E-state index in [4.69, 9.17) is 9.47 Å². The molecule has 190 valence electrons. The number of hydrogen-bond donors (Lipinski definition) is 0. The minimum absolute atomic E-state index is 0.784. The number of methoxy groups -OCH3 is 2. The first-order valence-electron chi connectivity index (χ1n) is 12.1. The van der Waals surface area contributed by atoms with Gasteiger partial charge in [-0.2, -0.15) is 0 Å². The van der Waals surface area contributed by atoms with Crippen LogP contribution in [0, 0.1) is 0 Å². The van der Waals surface area contributed by atoms with Gasteiger partial charge in [-0.1, -0.05) is 74.3 Å². The standard InChI is InChI=1S/C32H26Br2N2O2/c1-37-31-18-5-3-16-29(31)35(25-12-7-10-23(33)20-25)27-14-9-15-28(22-27)36(26-13-8-11-24(34)21-26)30-17-4-6-19-32(30)38-2/h3-22H,1-2H3. The lowest BCUT2D eigenvalue weighted by Crippen LogP contribution is -2.14. The number of para-hydroxylation sites is 4. The minimum Gasteiger partial charge on any atom is -0.495 e. The highest BCUT2D eigenvalue weighted by Crippen LogP contribution is 2.45. The minimum atomic E-state index is 0.784. The summed E-state index contributed by atoms with van der Waals surface area (Å²) in [6.45, 7) is 0. The molecule has 0 amide bonds. The molecule has 0 unspecified atom stereocenters. The Bertz CT molecular complexity index is 1440. The zero-order valence-electron chi connectivity index (χ0n) is 21.0. The monoisotopic (exact) mass is 628 g/mol. The van der Waals surface area contributed by atoms with Gasteiger partial charge in [0.05, 0.1) is 25.6 Å². The number of anilines is 6. The molecule has 0 fully saturated rings. The smallest absolute Gasteiger partial charge is 0.142 e. The van der Waals surface area contributed by atoms with E-state index in [1.807, 2.05) is 60.7 Å². The van der Waals surface area contributed by atoms with Gasteiger partial charge in [0.25, 0.3) is 0 Å². The normalized spacial score (nSPS) is 10.6. The third kappa shape index (κ3) is 5.42. The van der Waals surface area contributed by atoms with E-state index < -0.39 is 0 Å². The molecule has 0 aliphatic carbocycles. The number of rotatable bonds is 8. The molecular formula is C32H26Br2N2O2. The molecule has 38 heavy (non-hydrogen) atoms. The van der Waals surface area contributed by atoms with E-state index in [1.54, 1.807) is 14.2 Å². The summed E-state index contributed by atoms with van der Waals surface area (Å²) in [6, 6.07) is 41.1. The summed E-state index contributed by atoms with van der Waals surface area (Å²) >= 11 is 7.30. The van der Waals surface area contributed by atoms with Crippen LogP contribution < -0.4 is 19.3 Å². The highest BCUT2D eigenvalue weighted by Gasteiger charge is 2.21. The fraction of sp³-hybridized carbons (Fsp3) is 0.0625. The van der Waals surface area contributed by atoms with Gasteiger partial charge in [-0.05, 0) is 78.9 Å². The van der Waals surface area contributed by atoms with Crippen LogP contribution in [0.3, 0.4) is 0 Å². The van der Waals surface area contributed by atoms with Crippen molar-refractivity contribution < 1.29 is 9.47 Å². The van der Waals surface area contributed by atoms with Crippen molar-refractivity contribution in [3.63, 3.8) is 0 Å². The van der Waals surface area contributed by atoms with Crippen LogP contribution in [0.4, 0.5) is 34.1 Å². The highest BCUT2D eigenvalue weighted by molar-refractivity contribution is 9.10. The van der Waals surface area contributed by atoms with E-state index in [1.165, 1.54) is 0 Å². The molecule has 5 rings (SSSR count). The summed E-state index contributed by atoms with van der Waals surface area (Å²) in [7, 11) is 3.40. The molecule has 0 spiro atoms. The molecule has 0 aliphatic heterocycles. The maximum absolute atomic E-state index is 5.77. The largest absolute Gasteiger partial charge is 0.495 e. The molecule has 5 aromatic carbocycles. The Kier molecular flexibility index (Phi) is 8.01. The van der Waals surface area contributed by atoms with E-state index in [2.05, 4.69) is 102 Å². The van der Waals surface area contributed by atoms with E-state index in [9.17, 15) is 0 Å². The van der Waals surface area contributed by atoms with E-state index in [0.717, 1.165) is 54.6 Å². The maximum Gasteiger partial charge on any atom is 0.142 e. The molecule has 0 aliphatic rings. The van der Waals surface area contributed by atoms with E-state index >= 15 is 0 Å². The van der Waals surface area contributed by atoms with Crippen LogP contribution >= 0.6 is 31.9 Å². The Morgan fingerprint density at radius 1 is 0.447 bits per heavy atom. The number of ether oxygens (including phenoxy) is 2. The van der Waals surface area contributed by atoms with Crippen LogP contribution in [-0.2, 0) is 0 Å². The Hall–Kier alpha value is -3.74. The van der Waals surface area contributed by atoms with Crippen molar-refractivity contribution >= 4 is 66.0 Å². The van der Waals surface area contributed by atoms with Gasteiger partial charge in [0.1, 0.15) is 11.5 Å². The van der Waals surface area contributed by atoms with Crippen molar-refractivity contribution in [3.05, 3.63) is 130 Å². The average Bonchev–Trinajstić information content (AvgIpc) is 2.94. The molecule has 0 heterocycles. The second-order valence-electron chi connectivity index (χ2n) is 8.49. The quantitative estimate of drug-likeness (QED) is 0.170. The lowest BCUT2D eigenvalue weighted by molar-refractivity contribution is 0.416. The molecule has 6 heteroatoms. The van der Waals surface area contributed by atoms with Gasteiger partial charge in [0, 0.05) is 31.7 Å². The van der Waals surface area contributed by atoms with Crippen LogP contribution in [0.2, 0.25) is 0 Å². The fourth-order valence-electron chi connectivity index (χ4n) is 4.49. The molecule has 5 aromatic rings. The van der Waals surface area contributed by atoms with E-state index in [-0.39, 0.29) is 0 Å². The molecule has 0 N–H and O–H groups in total. The summed E-state index contributed by atoms with van der Waals surface area (Å²) in [5, 5.41) is 0. The van der Waals surface area contributed by atoms with Gasteiger partial charge in [-0.25, -0.2) is 0 Å². The van der Waals surface area contributed by atoms with Gasteiger partial charge in [0.15, 0.2) is 0 Å². The van der Waals surface area contributed by atoms with Crippen LogP contribution in [0.25, 0.3) is 0 Å². The first kappa shape index (κ1) is 25.9. The summed E-state index contributed by atoms with van der Waals surface area (Å²) in [5.41, 5.74) is 5.87. The van der Waals surface area contributed by atoms with Crippen molar-refractivity contribution in [2.45, 2.75) is 0 Å². The number of benzene rings is 5. The first-order chi connectivity index (χ1) is 18.6. The summed E-state index contributed by atoms with van der Waals surface area (Å²) < 4.78 is 13.5. The van der Waals surface area contributed by atoms with Crippen molar-refractivity contribution in [1.82, 2.24) is 0 Å². The number of hydrogen-bond acceptors (Lipinski definition) is 4. The second kappa shape index (κ2) is 11.8. The maximum atomic E-state index is 5.77. The molecule has 0 aromatic heterocycles. The van der Waals surface area contributed by atoms with Crippen molar-refractivity contribution in [2.24, 2.45) is 0 Å². The predicted molar refractivity (Wildman–Crippen MR) is 164 cm³/mol. The number of halogens is 2. The third-order valence-electron chi connectivity index (χ3n) is 6.13. The lowest BCUT2D eigenvalue weighted by atomic mass is 10.1. The molecule has 0 bridgehead atoms. The Balaban J connectivity index is 1.72. The Morgan fingerprint density at radius 2 is 0.816 bits per heavy atom. The highest BCUT2D eigenvalue weighted by atomic mass is 79.9. The van der Waals surface area contributed by atoms with Crippen LogP contribution in [0.15, 0.2) is 130 Å². The number of nitrogens with zero attached hydrogens (tertiary/aromatic N) is 2. The zero-order chi connectivity index (χ0) is 26.5. The second-order valence-corrected chi connectivity index (χ2v) is 10.3. The summed E-state index contributed by atoms with van der Waals surface area (Å²) in [6.07, 6.45) is 0. The van der Waals surface area contributed by atoms with Crippen molar-refractivity contribution in [3.8, 4) is 11.5 Å². The lowest BCUT2D eigenvalue weighted by Gasteiger charge is -2.30. The fourth-order valence-corrected chi connectivity index (χ4v) is 5.26. The zero-order valence-corrected chi connectivity index (χ0v) is 24.2. The van der Waals surface area contributed by atoms with Crippen molar-refractivity contribution in [2.75, 3.05) is 24.0 Å². The van der Waals surface area contributed by atoms with Gasteiger partial charge in [0.2, 0.25) is 0 Å². The van der Waals surface area contributed by atoms with E-state index in [0.29, 0.717) is 0 Å². The molecular weight excluding hydrogens is 604 g/mol. The molecule has 4 nitrogen and oxygen atoms in total. The summed E-state index contributed by atoms with van der Waals surface area (Å²) in [4.78, 5) is 4.41. The Morgan fingerprint density at radius 3 is 1.21 bits per heavy atom. The topological polar surface area (TPSA) is 24.9 Å². The molecule has 0 saturated carbocycles. The van der Waals surface area contributed by atoms with Crippen molar-refractivity contribution in [1.29, 1.82) is 0 Å². The third-order valence-corrected chi connectivity index (χ3v) is 7.12. The molecule has 0 saturated heterocycles. The van der Waals surface area contributed by atoms with Crippen LogP contribution in [-0.4, -0.2) is 14.2 Å². The first-order valence-corrected chi connectivity index (χ1v) is 13.6.